The van der Waals surface area contributed by atoms with Gasteiger partial charge in [0.15, 0.2) is 0 Å². The molecule has 2 amide bonds. The minimum atomic E-state index is -0.834. The largest absolute Gasteiger partial charge is 0.339 e. The van der Waals surface area contributed by atoms with Gasteiger partial charge in [-0.2, -0.15) is 14.6 Å². The van der Waals surface area contributed by atoms with Crippen molar-refractivity contribution in [3.05, 3.63) is 47.4 Å². The van der Waals surface area contributed by atoms with Crippen molar-refractivity contribution in [3.8, 4) is 11.1 Å². The van der Waals surface area contributed by atoms with Crippen LogP contribution < -0.4 is 10.6 Å². The third-order valence-electron chi connectivity index (χ3n) is 7.33. The predicted molar refractivity (Wildman–Crippen MR) is 133 cm³/mol. The molecule has 3 N–H and O–H groups in total. The van der Waals surface area contributed by atoms with Crippen LogP contribution in [0, 0.1) is 37.5 Å². The molecule has 3 aromatic rings. The number of hydrogen-bond donors (Lipinski definition) is 3. The molecule has 0 bridgehead atoms. The fraction of sp³-hybridized carbons (Fsp3) is 0.500. The topological polar surface area (TPSA) is 118 Å². The number of anilines is 1. The summed E-state index contributed by atoms with van der Waals surface area (Å²) in [5.74, 6) is -0.947. The highest BCUT2D eigenvalue weighted by molar-refractivity contribution is 6.00. The highest BCUT2D eigenvalue weighted by Gasteiger charge is 2.48. The second kappa shape index (κ2) is 10.0. The van der Waals surface area contributed by atoms with Crippen molar-refractivity contribution in [2.45, 2.75) is 58.5 Å². The zero-order chi connectivity index (χ0) is 26.3. The van der Waals surface area contributed by atoms with Crippen LogP contribution in [0.5, 0.6) is 0 Å². The van der Waals surface area contributed by atoms with Crippen LogP contribution in [0.2, 0.25) is 0 Å². The molecular weight excluding hydrogens is 480 g/mol. The summed E-state index contributed by atoms with van der Waals surface area (Å²) < 4.78 is 29.6. The Morgan fingerprint density at radius 2 is 1.86 bits per heavy atom. The van der Waals surface area contributed by atoms with Crippen molar-refractivity contribution in [3.63, 3.8) is 0 Å². The lowest BCUT2D eigenvalue weighted by atomic mass is 9.88. The van der Waals surface area contributed by atoms with Crippen molar-refractivity contribution >= 4 is 17.6 Å². The Kier molecular flexibility index (Phi) is 6.78. The normalized spacial score (nSPS) is 17.0. The Hall–Kier alpha value is -3.63. The average molecular weight is 512 g/mol. The molecule has 0 spiro atoms. The van der Waals surface area contributed by atoms with Gasteiger partial charge in [0.1, 0.15) is 24.2 Å². The summed E-state index contributed by atoms with van der Waals surface area (Å²) in [6.07, 6.45) is 5.45. The molecule has 196 valence electrons. The van der Waals surface area contributed by atoms with Gasteiger partial charge in [0.2, 0.25) is 11.9 Å². The molecule has 2 aliphatic carbocycles. The third kappa shape index (κ3) is 5.12. The van der Waals surface area contributed by atoms with Gasteiger partial charge in [-0.3, -0.25) is 19.4 Å². The zero-order valence-corrected chi connectivity index (χ0v) is 21.1. The minimum absolute atomic E-state index is 0.0285. The maximum Gasteiger partial charge on any atom is 0.270 e. The Morgan fingerprint density at radius 3 is 2.43 bits per heavy atom. The average Bonchev–Trinajstić information content (AvgIpc) is 3.81. The standard InChI is InChI=1S/C26H31F2N7O2/c1-13(12-27)35-19(10-11-29-35)25(36)32-23(22(16-4-5-16)17-6-7-17)26(37)31-20-9-8-18(24(28)30-20)21-14(2)33-34-15(21)3/h8-11,13,16-17,22-23H,4-7,12H2,1-3H3,(H,32,36)(H,33,34)(H,30,31,37)/t13?,23-/m0/s1. The van der Waals surface area contributed by atoms with E-state index in [1.807, 2.05) is 0 Å². The molecule has 3 heterocycles. The molecule has 0 aromatic carbocycles. The molecule has 11 heteroatoms. The van der Waals surface area contributed by atoms with Gasteiger partial charge in [-0.15, -0.1) is 0 Å². The van der Waals surface area contributed by atoms with Crippen LogP contribution in [0.4, 0.5) is 14.6 Å². The molecule has 0 saturated heterocycles. The Bertz CT molecular complexity index is 1280. The van der Waals surface area contributed by atoms with Gasteiger partial charge < -0.3 is 10.6 Å². The molecule has 37 heavy (non-hydrogen) atoms. The van der Waals surface area contributed by atoms with Crippen molar-refractivity contribution in [2.24, 2.45) is 17.8 Å². The van der Waals surface area contributed by atoms with Gasteiger partial charge in [-0.05, 0) is 82.4 Å². The van der Waals surface area contributed by atoms with Gasteiger partial charge >= 0.3 is 0 Å². The number of aryl methyl sites for hydroxylation is 2. The Balaban J connectivity index is 1.39. The van der Waals surface area contributed by atoms with Crippen molar-refractivity contribution in [1.82, 2.24) is 30.3 Å². The van der Waals surface area contributed by atoms with E-state index in [-0.39, 0.29) is 23.0 Å². The van der Waals surface area contributed by atoms with Crippen LogP contribution in [0.25, 0.3) is 11.1 Å². The smallest absolute Gasteiger partial charge is 0.270 e. The highest BCUT2D eigenvalue weighted by Crippen LogP contribution is 2.51. The second-order valence-corrected chi connectivity index (χ2v) is 10.2. The summed E-state index contributed by atoms with van der Waals surface area (Å²) in [5, 5.41) is 16.6. The monoisotopic (exact) mass is 511 g/mol. The molecule has 2 aliphatic rings. The Morgan fingerprint density at radius 1 is 1.16 bits per heavy atom. The molecule has 5 rings (SSSR count). The van der Waals surface area contributed by atoms with E-state index in [0.717, 1.165) is 31.4 Å². The highest BCUT2D eigenvalue weighted by atomic mass is 19.1. The maximum absolute atomic E-state index is 15.0. The first-order valence-electron chi connectivity index (χ1n) is 12.7. The lowest BCUT2D eigenvalue weighted by molar-refractivity contribution is -0.119. The molecule has 9 nitrogen and oxygen atoms in total. The first-order valence-corrected chi connectivity index (χ1v) is 12.7. The number of H-pyrrole nitrogens is 1. The molecular formula is C26H31F2N7O2. The van der Waals surface area contributed by atoms with E-state index in [0.29, 0.717) is 23.1 Å². The van der Waals surface area contributed by atoms with Crippen LogP contribution in [-0.2, 0) is 4.79 Å². The predicted octanol–water partition coefficient (Wildman–Crippen LogP) is 4.13. The molecule has 0 aliphatic heterocycles. The number of aromatic amines is 1. The van der Waals surface area contributed by atoms with E-state index in [9.17, 15) is 18.4 Å². The fourth-order valence-corrected chi connectivity index (χ4v) is 5.20. The number of halogens is 2. The number of carbonyl (C=O) groups excluding carboxylic acids is 2. The number of hydrogen-bond acceptors (Lipinski definition) is 5. The number of aromatic nitrogens is 5. The fourth-order valence-electron chi connectivity index (χ4n) is 5.20. The van der Waals surface area contributed by atoms with Gasteiger partial charge in [0.25, 0.3) is 5.91 Å². The SMILES string of the molecule is Cc1n[nH]c(C)c1-c1ccc(NC(=O)[C@@H](NC(=O)c2ccnn2C(C)CF)C(C2CC2)C2CC2)nc1F. The third-order valence-corrected chi connectivity index (χ3v) is 7.33. The van der Waals surface area contributed by atoms with E-state index in [1.54, 1.807) is 32.9 Å². The van der Waals surface area contributed by atoms with Crippen LogP contribution >= 0.6 is 0 Å². The van der Waals surface area contributed by atoms with Gasteiger partial charge in [0.05, 0.1) is 11.7 Å². The maximum atomic E-state index is 15.0. The van der Waals surface area contributed by atoms with Crippen LogP contribution in [0.1, 0.15) is 60.5 Å². The van der Waals surface area contributed by atoms with Crippen LogP contribution in [-0.4, -0.2) is 49.5 Å². The van der Waals surface area contributed by atoms with E-state index in [2.05, 4.69) is 30.9 Å². The number of amides is 2. The summed E-state index contributed by atoms with van der Waals surface area (Å²) in [7, 11) is 0. The first kappa shape index (κ1) is 25.0. The van der Waals surface area contributed by atoms with Crippen LogP contribution in [0.3, 0.4) is 0 Å². The minimum Gasteiger partial charge on any atom is -0.339 e. The van der Waals surface area contributed by atoms with E-state index in [4.69, 9.17) is 0 Å². The van der Waals surface area contributed by atoms with Crippen LogP contribution in [0.15, 0.2) is 24.4 Å². The molecule has 2 atom stereocenters. The van der Waals surface area contributed by atoms with Crippen molar-refractivity contribution in [1.29, 1.82) is 0 Å². The summed E-state index contributed by atoms with van der Waals surface area (Å²) in [4.78, 5) is 30.8. The van der Waals surface area contributed by atoms with E-state index < -0.39 is 36.5 Å². The molecule has 3 aromatic heterocycles. The lowest BCUT2D eigenvalue weighted by Gasteiger charge is -2.27. The zero-order valence-electron chi connectivity index (χ0n) is 21.1. The molecule has 1 unspecified atom stereocenters. The van der Waals surface area contributed by atoms with Crippen molar-refractivity contribution in [2.75, 3.05) is 12.0 Å². The Labute approximate surface area is 213 Å². The van der Waals surface area contributed by atoms with Crippen molar-refractivity contribution < 1.29 is 18.4 Å². The number of pyridine rings is 1. The summed E-state index contributed by atoms with van der Waals surface area (Å²) in [6.45, 7) is 4.52. The number of carbonyl (C=O) groups is 2. The summed E-state index contributed by atoms with van der Waals surface area (Å²) in [6, 6.07) is 3.17. The first-order chi connectivity index (χ1) is 17.8. The number of nitrogens with one attached hydrogen (secondary N) is 3. The number of nitrogens with zero attached hydrogens (tertiary/aromatic N) is 4. The molecule has 0 radical (unpaired) electrons. The van der Waals surface area contributed by atoms with Gasteiger partial charge in [0, 0.05) is 23.0 Å². The quantitative estimate of drug-likeness (QED) is 0.354. The summed E-state index contributed by atoms with van der Waals surface area (Å²) in [5.41, 5.74) is 2.48. The lowest BCUT2D eigenvalue weighted by Crippen LogP contribution is -2.50. The van der Waals surface area contributed by atoms with E-state index in [1.165, 1.54) is 16.9 Å². The number of rotatable bonds is 10. The summed E-state index contributed by atoms with van der Waals surface area (Å²) >= 11 is 0. The van der Waals surface area contributed by atoms with E-state index >= 15 is 0 Å². The second-order valence-electron chi connectivity index (χ2n) is 10.2. The molecule has 2 fully saturated rings. The number of alkyl halides is 1. The molecule has 2 saturated carbocycles. The van der Waals surface area contributed by atoms with Gasteiger partial charge in [-0.25, -0.2) is 9.37 Å². The van der Waals surface area contributed by atoms with Gasteiger partial charge in [-0.1, -0.05) is 0 Å².